The van der Waals surface area contributed by atoms with Crippen LogP contribution in [0.3, 0.4) is 0 Å². The monoisotopic (exact) mass is 306 g/mol. The molecule has 0 bridgehead atoms. The number of halogens is 1. The second-order valence-corrected chi connectivity index (χ2v) is 4.53. The van der Waals surface area contributed by atoms with Gasteiger partial charge in [0.05, 0.1) is 12.8 Å². The molecule has 0 N–H and O–H groups in total. The first-order chi connectivity index (χ1) is 7.51. The SMILES string of the molecule is COC(=O)Cn1c(SC)nc(C)c(Br)c1=O. The van der Waals surface area contributed by atoms with E-state index in [-0.39, 0.29) is 12.1 Å². The minimum absolute atomic E-state index is 0.128. The Morgan fingerprint density at radius 2 is 2.25 bits per heavy atom. The van der Waals surface area contributed by atoms with Crippen molar-refractivity contribution in [3.63, 3.8) is 0 Å². The van der Waals surface area contributed by atoms with Crippen LogP contribution < -0.4 is 5.56 Å². The fraction of sp³-hybridized carbons (Fsp3) is 0.444. The molecule has 0 saturated carbocycles. The lowest BCUT2D eigenvalue weighted by molar-refractivity contribution is -0.141. The third kappa shape index (κ3) is 2.65. The maximum Gasteiger partial charge on any atom is 0.325 e. The molecule has 1 aromatic rings. The number of nitrogens with zero attached hydrogens (tertiary/aromatic N) is 2. The lowest BCUT2D eigenvalue weighted by atomic mass is 10.4. The number of aryl methyl sites for hydroxylation is 1. The zero-order chi connectivity index (χ0) is 12.3. The average molecular weight is 307 g/mol. The minimum atomic E-state index is -0.477. The molecular formula is C9H11BrN2O3S. The van der Waals surface area contributed by atoms with E-state index in [2.05, 4.69) is 25.7 Å². The summed E-state index contributed by atoms with van der Waals surface area (Å²) in [6.07, 6.45) is 1.79. The molecule has 0 aliphatic rings. The first-order valence-corrected chi connectivity index (χ1v) is 6.40. The molecule has 0 unspecified atom stereocenters. The van der Waals surface area contributed by atoms with Crippen LogP contribution in [0, 0.1) is 6.92 Å². The third-order valence-corrected chi connectivity index (χ3v) is 3.53. The lowest BCUT2D eigenvalue weighted by Crippen LogP contribution is -2.28. The maximum atomic E-state index is 11.9. The lowest BCUT2D eigenvalue weighted by Gasteiger charge is -2.10. The molecule has 0 spiro atoms. The van der Waals surface area contributed by atoms with Crippen molar-refractivity contribution in [2.24, 2.45) is 0 Å². The molecule has 1 rings (SSSR count). The molecule has 16 heavy (non-hydrogen) atoms. The van der Waals surface area contributed by atoms with Crippen LogP contribution in [0.5, 0.6) is 0 Å². The van der Waals surface area contributed by atoms with Gasteiger partial charge >= 0.3 is 5.97 Å². The summed E-state index contributed by atoms with van der Waals surface area (Å²) in [4.78, 5) is 27.2. The van der Waals surface area contributed by atoms with Crippen molar-refractivity contribution < 1.29 is 9.53 Å². The minimum Gasteiger partial charge on any atom is -0.468 e. The highest BCUT2D eigenvalue weighted by Crippen LogP contribution is 2.15. The van der Waals surface area contributed by atoms with Crippen molar-refractivity contribution in [1.82, 2.24) is 9.55 Å². The summed E-state index contributed by atoms with van der Waals surface area (Å²) in [6.45, 7) is 1.60. The summed E-state index contributed by atoms with van der Waals surface area (Å²) in [7, 11) is 1.28. The number of hydrogen-bond acceptors (Lipinski definition) is 5. The van der Waals surface area contributed by atoms with Crippen molar-refractivity contribution in [3.8, 4) is 0 Å². The van der Waals surface area contributed by atoms with Crippen LogP contribution in [0.4, 0.5) is 0 Å². The van der Waals surface area contributed by atoms with E-state index in [1.54, 1.807) is 13.2 Å². The first kappa shape index (κ1) is 13.2. The molecule has 1 heterocycles. The van der Waals surface area contributed by atoms with Gasteiger partial charge in [0.15, 0.2) is 5.16 Å². The number of rotatable bonds is 3. The number of esters is 1. The first-order valence-electron chi connectivity index (χ1n) is 4.39. The molecule has 0 amide bonds. The number of carbonyl (C=O) groups is 1. The molecule has 0 aliphatic carbocycles. The Balaban J connectivity index is 3.30. The molecule has 0 saturated heterocycles. The highest BCUT2D eigenvalue weighted by Gasteiger charge is 2.14. The highest BCUT2D eigenvalue weighted by molar-refractivity contribution is 9.10. The number of thioether (sulfide) groups is 1. The standard InChI is InChI=1S/C9H11BrN2O3S/c1-5-7(10)8(14)12(4-6(13)15-2)9(11-5)16-3/h4H2,1-3H3. The molecule has 0 radical (unpaired) electrons. The molecule has 0 aliphatic heterocycles. The normalized spacial score (nSPS) is 10.2. The summed E-state index contributed by atoms with van der Waals surface area (Å²) in [5.41, 5.74) is 0.331. The van der Waals surface area contributed by atoms with Gasteiger partial charge < -0.3 is 4.74 Å². The fourth-order valence-corrected chi connectivity index (χ4v) is 2.00. The van der Waals surface area contributed by atoms with E-state index in [1.807, 2.05) is 0 Å². The topological polar surface area (TPSA) is 61.2 Å². The Hall–Kier alpha value is -0.820. The third-order valence-electron chi connectivity index (χ3n) is 1.94. The van der Waals surface area contributed by atoms with Crippen molar-refractivity contribution in [3.05, 3.63) is 20.5 Å². The van der Waals surface area contributed by atoms with Gasteiger partial charge in [-0.25, -0.2) is 4.98 Å². The van der Waals surface area contributed by atoms with Crippen molar-refractivity contribution >= 4 is 33.7 Å². The average Bonchev–Trinajstić information content (AvgIpc) is 2.29. The predicted molar refractivity (Wildman–Crippen MR) is 64.7 cm³/mol. The second-order valence-electron chi connectivity index (χ2n) is 2.97. The molecule has 1 aromatic heterocycles. The van der Waals surface area contributed by atoms with E-state index in [4.69, 9.17) is 0 Å². The van der Waals surface area contributed by atoms with E-state index < -0.39 is 5.97 Å². The Bertz CT molecular complexity index is 473. The van der Waals surface area contributed by atoms with Crippen LogP contribution >= 0.6 is 27.7 Å². The van der Waals surface area contributed by atoms with E-state index in [1.165, 1.54) is 23.4 Å². The zero-order valence-electron chi connectivity index (χ0n) is 9.11. The Labute approximate surface area is 105 Å². The van der Waals surface area contributed by atoms with Crippen LogP contribution in [0.1, 0.15) is 5.69 Å². The van der Waals surface area contributed by atoms with Crippen molar-refractivity contribution in [1.29, 1.82) is 0 Å². The molecule has 5 nitrogen and oxygen atoms in total. The fourth-order valence-electron chi connectivity index (χ4n) is 1.10. The van der Waals surface area contributed by atoms with Crippen LogP contribution in [0.25, 0.3) is 0 Å². The number of ether oxygens (including phenoxy) is 1. The quantitative estimate of drug-likeness (QED) is 0.477. The summed E-state index contributed by atoms with van der Waals surface area (Å²) < 4.78 is 6.18. The van der Waals surface area contributed by atoms with E-state index >= 15 is 0 Å². The smallest absolute Gasteiger partial charge is 0.325 e. The van der Waals surface area contributed by atoms with E-state index in [0.717, 1.165) is 0 Å². The van der Waals surface area contributed by atoms with Crippen LogP contribution in [-0.2, 0) is 16.1 Å². The largest absolute Gasteiger partial charge is 0.468 e. The van der Waals surface area contributed by atoms with Gasteiger partial charge in [0.2, 0.25) is 0 Å². The van der Waals surface area contributed by atoms with Gasteiger partial charge in [-0.1, -0.05) is 11.8 Å². The second kappa shape index (κ2) is 5.49. The van der Waals surface area contributed by atoms with Gasteiger partial charge in [-0.05, 0) is 29.1 Å². The number of aromatic nitrogens is 2. The molecule has 0 fully saturated rings. The zero-order valence-corrected chi connectivity index (χ0v) is 11.5. The van der Waals surface area contributed by atoms with Crippen LogP contribution in [-0.4, -0.2) is 28.9 Å². The van der Waals surface area contributed by atoms with Crippen LogP contribution in [0.2, 0.25) is 0 Å². The van der Waals surface area contributed by atoms with E-state index in [9.17, 15) is 9.59 Å². The Morgan fingerprint density at radius 1 is 1.62 bits per heavy atom. The molecule has 7 heteroatoms. The van der Waals surface area contributed by atoms with Crippen LogP contribution in [0.15, 0.2) is 14.4 Å². The molecule has 88 valence electrons. The molecule has 0 atom stereocenters. The Morgan fingerprint density at radius 3 is 2.75 bits per heavy atom. The summed E-state index contributed by atoms with van der Waals surface area (Å²) in [6, 6.07) is 0. The number of methoxy groups -OCH3 is 1. The summed E-state index contributed by atoms with van der Waals surface area (Å²) in [5, 5.41) is 0.496. The van der Waals surface area contributed by atoms with Crippen molar-refractivity contribution in [2.45, 2.75) is 18.6 Å². The van der Waals surface area contributed by atoms with Crippen molar-refractivity contribution in [2.75, 3.05) is 13.4 Å². The van der Waals surface area contributed by atoms with E-state index in [0.29, 0.717) is 15.3 Å². The Kier molecular flexibility index (Phi) is 4.55. The van der Waals surface area contributed by atoms with Gasteiger partial charge in [0.25, 0.3) is 5.56 Å². The van der Waals surface area contributed by atoms with Gasteiger partial charge in [0.1, 0.15) is 11.0 Å². The van der Waals surface area contributed by atoms with Gasteiger partial charge in [-0.3, -0.25) is 14.2 Å². The van der Waals surface area contributed by atoms with Gasteiger partial charge in [-0.2, -0.15) is 0 Å². The van der Waals surface area contributed by atoms with Gasteiger partial charge in [0, 0.05) is 0 Å². The highest BCUT2D eigenvalue weighted by atomic mass is 79.9. The molecule has 0 aromatic carbocycles. The van der Waals surface area contributed by atoms with Gasteiger partial charge in [-0.15, -0.1) is 0 Å². The maximum absolute atomic E-state index is 11.9. The summed E-state index contributed by atoms with van der Waals surface area (Å²) >= 11 is 4.46. The number of hydrogen-bond donors (Lipinski definition) is 0. The summed E-state index contributed by atoms with van der Waals surface area (Å²) in [5.74, 6) is -0.477. The predicted octanol–water partition coefficient (Wildman–Crippen LogP) is 1.21. The number of carbonyl (C=O) groups excluding carboxylic acids is 1. The molecular weight excluding hydrogens is 296 g/mol.